The summed E-state index contributed by atoms with van der Waals surface area (Å²) in [6.07, 6.45) is 1.46. The van der Waals surface area contributed by atoms with E-state index in [1.165, 1.54) is 18.3 Å². The molecule has 3 aromatic rings. The van der Waals surface area contributed by atoms with Crippen LogP contribution >= 0.6 is 0 Å². The summed E-state index contributed by atoms with van der Waals surface area (Å²) in [7, 11) is 0. The van der Waals surface area contributed by atoms with E-state index in [0.29, 0.717) is 0 Å². The molecule has 0 amide bonds. The number of phenolic OH excluding ortho intramolecular Hbond substituents is 1. The second-order valence-electron chi connectivity index (χ2n) is 16.0. The number of halogens is 1. The van der Waals surface area contributed by atoms with E-state index in [2.05, 4.69) is 119 Å². The highest BCUT2D eigenvalue weighted by Crippen LogP contribution is 2.42. The number of aromatic hydroxyl groups is 1. The fourth-order valence-electron chi connectivity index (χ4n) is 5.01. The molecule has 4 heteroatoms. The number of phenols is 1. The highest BCUT2D eigenvalue weighted by molar-refractivity contribution is 5.83. The van der Waals surface area contributed by atoms with Gasteiger partial charge in [0.15, 0.2) is 11.6 Å². The van der Waals surface area contributed by atoms with Crippen LogP contribution in [0, 0.1) is 5.82 Å². The van der Waals surface area contributed by atoms with Crippen LogP contribution in [0.1, 0.15) is 129 Å². The van der Waals surface area contributed by atoms with Gasteiger partial charge in [-0.15, -0.1) is 0 Å². The third kappa shape index (κ3) is 7.14. The van der Waals surface area contributed by atoms with E-state index < -0.39 is 23.2 Å². The van der Waals surface area contributed by atoms with Gasteiger partial charge in [0.2, 0.25) is 0 Å². The van der Waals surface area contributed by atoms with Gasteiger partial charge in [-0.1, -0.05) is 126 Å². The minimum absolute atomic E-state index is 0.152. The van der Waals surface area contributed by atoms with Crippen LogP contribution in [0.5, 0.6) is 5.75 Å². The van der Waals surface area contributed by atoms with Gasteiger partial charge >= 0.3 is 0 Å². The summed E-state index contributed by atoms with van der Waals surface area (Å²) in [5.74, 6) is -1.16. The first kappa shape index (κ1) is 33.5. The van der Waals surface area contributed by atoms with Gasteiger partial charge in [-0.25, -0.2) is 4.39 Å². The maximum atomic E-state index is 14.1. The van der Waals surface area contributed by atoms with E-state index in [1.54, 1.807) is 6.07 Å². The number of benzene rings is 3. The van der Waals surface area contributed by atoms with Crippen molar-refractivity contribution < 1.29 is 14.6 Å². The second-order valence-corrected chi connectivity index (χ2v) is 16.0. The summed E-state index contributed by atoms with van der Waals surface area (Å²) in [6.45, 7) is 28.1. The Morgan fingerprint density at radius 3 is 1.29 bits per heavy atom. The molecule has 1 atom stereocenters. The monoisotopic (exact) mass is 573 g/mol. The lowest BCUT2D eigenvalue weighted by Crippen LogP contribution is -2.39. The lowest BCUT2D eigenvalue weighted by molar-refractivity contribution is 0.0583. The Balaban J connectivity index is 2.44. The van der Waals surface area contributed by atoms with E-state index in [1.807, 2.05) is 6.92 Å². The van der Waals surface area contributed by atoms with Gasteiger partial charge in [0, 0.05) is 11.8 Å². The first-order valence-corrected chi connectivity index (χ1v) is 15.0. The number of hydrogen-bond donors (Lipinski definition) is 2. The van der Waals surface area contributed by atoms with E-state index in [4.69, 9.17) is 4.99 Å². The minimum atomic E-state index is -1.53. The number of aliphatic imine (C=N–C) groups is 1. The fraction of sp³-hybridized carbons (Fsp3) is 0.500. The molecular weight excluding hydrogens is 521 g/mol. The number of rotatable bonds is 5. The first-order valence-electron chi connectivity index (χ1n) is 15.0. The van der Waals surface area contributed by atoms with Gasteiger partial charge in [-0.2, -0.15) is 0 Å². The zero-order chi connectivity index (χ0) is 32.1. The van der Waals surface area contributed by atoms with Crippen molar-refractivity contribution in [1.82, 2.24) is 0 Å². The predicted octanol–water partition coefficient (Wildman–Crippen LogP) is 9.46. The number of aliphatic hydroxyl groups is 1. The van der Waals surface area contributed by atoms with E-state index >= 15 is 0 Å². The molecule has 0 heterocycles. The van der Waals surface area contributed by atoms with Crippen molar-refractivity contribution in [2.45, 2.75) is 123 Å². The zero-order valence-electron chi connectivity index (χ0n) is 28.1. The van der Waals surface area contributed by atoms with Gasteiger partial charge in [0.1, 0.15) is 5.60 Å². The van der Waals surface area contributed by atoms with Crippen molar-refractivity contribution in [2.75, 3.05) is 0 Å². The SMILES string of the molecule is CC(N=Cc1cccc(F)c1O)C(O)(c1cc(C(C)(C)C)cc(C(C)(C)C)c1)c1cc(C(C)(C)C)cc(C(C)(C)C)c1. The Labute approximate surface area is 253 Å². The van der Waals surface area contributed by atoms with Crippen molar-refractivity contribution in [3.05, 3.63) is 99.4 Å². The van der Waals surface area contributed by atoms with Crippen molar-refractivity contribution in [3.63, 3.8) is 0 Å². The molecule has 0 aromatic heterocycles. The Morgan fingerprint density at radius 2 is 0.952 bits per heavy atom. The van der Waals surface area contributed by atoms with E-state index in [9.17, 15) is 14.6 Å². The van der Waals surface area contributed by atoms with E-state index in [-0.39, 0.29) is 27.2 Å². The summed E-state index contributed by atoms with van der Waals surface area (Å²) in [5, 5.41) is 23.5. The molecule has 1 unspecified atom stereocenters. The predicted molar refractivity (Wildman–Crippen MR) is 176 cm³/mol. The molecule has 228 valence electrons. The summed E-state index contributed by atoms with van der Waals surface area (Å²) in [4.78, 5) is 4.79. The van der Waals surface area contributed by atoms with Crippen LogP contribution in [-0.2, 0) is 27.3 Å². The van der Waals surface area contributed by atoms with Crippen LogP contribution in [0.4, 0.5) is 4.39 Å². The molecule has 0 fully saturated rings. The molecule has 0 aliphatic carbocycles. The van der Waals surface area contributed by atoms with Crippen LogP contribution < -0.4 is 0 Å². The summed E-state index contributed by atoms with van der Waals surface area (Å²) >= 11 is 0. The Kier molecular flexibility index (Phi) is 8.99. The number of nitrogens with zero attached hydrogens (tertiary/aromatic N) is 1. The lowest BCUT2D eigenvalue weighted by Gasteiger charge is -2.38. The molecule has 0 bridgehead atoms. The normalized spacial score (nSPS) is 14.5. The van der Waals surface area contributed by atoms with Gasteiger partial charge < -0.3 is 10.2 Å². The number of hydrogen-bond acceptors (Lipinski definition) is 3. The van der Waals surface area contributed by atoms with Gasteiger partial charge in [-0.3, -0.25) is 4.99 Å². The topological polar surface area (TPSA) is 52.8 Å². The van der Waals surface area contributed by atoms with Gasteiger partial charge in [0.25, 0.3) is 0 Å². The average molecular weight is 574 g/mol. The Hall–Kier alpha value is -2.98. The highest BCUT2D eigenvalue weighted by atomic mass is 19.1. The van der Waals surface area contributed by atoms with Crippen molar-refractivity contribution in [1.29, 1.82) is 0 Å². The number of para-hydroxylation sites is 1. The van der Waals surface area contributed by atoms with Gasteiger partial charge in [-0.05, 0) is 74.1 Å². The maximum Gasteiger partial charge on any atom is 0.165 e. The minimum Gasteiger partial charge on any atom is -0.504 e. The van der Waals surface area contributed by atoms with Crippen LogP contribution in [0.3, 0.4) is 0 Å². The smallest absolute Gasteiger partial charge is 0.165 e. The van der Waals surface area contributed by atoms with Crippen LogP contribution in [-0.4, -0.2) is 22.5 Å². The Morgan fingerprint density at radius 1 is 0.619 bits per heavy atom. The summed E-state index contributed by atoms with van der Waals surface area (Å²) < 4.78 is 14.1. The molecule has 3 rings (SSSR count). The summed E-state index contributed by atoms with van der Waals surface area (Å²) in [5.41, 5.74) is 4.18. The molecule has 3 aromatic carbocycles. The molecule has 42 heavy (non-hydrogen) atoms. The van der Waals surface area contributed by atoms with E-state index in [0.717, 1.165) is 33.4 Å². The van der Waals surface area contributed by atoms with Crippen LogP contribution in [0.25, 0.3) is 0 Å². The second kappa shape index (κ2) is 11.3. The molecular formula is C38H52FNO2. The van der Waals surface area contributed by atoms with Crippen molar-refractivity contribution in [3.8, 4) is 5.75 Å². The molecule has 2 N–H and O–H groups in total. The molecule has 3 nitrogen and oxygen atoms in total. The molecule has 0 saturated heterocycles. The van der Waals surface area contributed by atoms with Crippen molar-refractivity contribution in [2.24, 2.45) is 4.99 Å². The zero-order valence-corrected chi connectivity index (χ0v) is 28.1. The molecule has 0 radical (unpaired) electrons. The van der Waals surface area contributed by atoms with Gasteiger partial charge in [0.05, 0.1) is 6.04 Å². The molecule has 0 saturated carbocycles. The standard InChI is InChI=1S/C38H52FNO2/c1-24(40-23-25-15-14-16-32(39)33(25)41)38(42,30-19-26(34(2,3)4)17-27(20-30)35(5,6)7)31-21-28(36(8,9)10)18-29(22-31)37(11,12)13/h14-24,41-42H,1-13H3. The van der Waals surface area contributed by atoms with Crippen LogP contribution in [0.15, 0.2) is 59.6 Å². The largest absolute Gasteiger partial charge is 0.504 e. The Bertz CT molecular complexity index is 1320. The first-order chi connectivity index (χ1) is 19.0. The van der Waals surface area contributed by atoms with Crippen LogP contribution in [0.2, 0.25) is 0 Å². The van der Waals surface area contributed by atoms with Crippen molar-refractivity contribution >= 4 is 6.21 Å². The molecule has 0 aliphatic heterocycles. The quantitative estimate of drug-likeness (QED) is 0.299. The average Bonchev–Trinajstić information content (AvgIpc) is 2.86. The maximum absolute atomic E-state index is 14.1. The summed E-state index contributed by atoms with van der Waals surface area (Å²) in [6, 6.07) is 16.6. The highest BCUT2D eigenvalue weighted by Gasteiger charge is 2.41. The fourth-order valence-corrected chi connectivity index (χ4v) is 5.01. The molecule has 0 spiro atoms. The third-order valence-corrected chi connectivity index (χ3v) is 8.27. The third-order valence-electron chi connectivity index (χ3n) is 8.27. The molecule has 0 aliphatic rings. The lowest BCUT2D eigenvalue weighted by atomic mass is 9.71.